The number of carbonyl (C=O) groups excluding carboxylic acids is 2. The highest BCUT2D eigenvalue weighted by Crippen LogP contribution is 2.26. The van der Waals surface area contributed by atoms with Gasteiger partial charge in [0.05, 0.1) is 22.8 Å². The monoisotopic (exact) mass is 394 g/mol. The molecule has 0 saturated heterocycles. The van der Waals surface area contributed by atoms with Crippen molar-refractivity contribution in [2.45, 2.75) is 33.7 Å². The van der Waals surface area contributed by atoms with E-state index in [0.29, 0.717) is 34.8 Å². The summed E-state index contributed by atoms with van der Waals surface area (Å²) < 4.78 is 7.05. The van der Waals surface area contributed by atoms with Crippen LogP contribution in [0.4, 0.5) is 0 Å². The van der Waals surface area contributed by atoms with Gasteiger partial charge in [-0.2, -0.15) is 5.10 Å². The van der Waals surface area contributed by atoms with Crippen molar-refractivity contribution >= 4 is 22.9 Å². The number of amides is 1. The predicted molar refractivity (Wildman–Crippen MR) is 111 cm³/mol. The van der Waals surface area contributed by atoms with E-state index < -0.39 is 5.97 Å². The van der Waals surface area contributed by atoms with E-state index in [9.17, 15) is 9.59 Å². The average molecular weight is 394 g/mol. The normalized spacial score (nSPS) is 11.2. The fourth-order valence-electron chi connectivity index (χ4n) is 2.90. The molecule has 1 N–H and O–H groups in total. The van der Waals surface area contributed by atoms with Crippen molar-refractivity contribution in [1.82, 2.24) is 20.1 Å². The van der Waals surface area contributed by atoms with Crippen molar-refractivity contribution in [3.05, 3.63) is 48.2 Å². The number of pyridine rings is 1. The minimum Gasteiger partial charge on any atom is -0.452 e. The maximum absolute atomic E-state index is 12.8. The number of fused-ring (bicyclic) bond motifs is 1. The molecule has 2 heterocycles. The summed E-state index contributed by atoms with van der Waals surface area (Å²) in [5, 5.41) is 7.72. The third-order valence-electron chi connectivity index (χ3n) is 4.39. The third-order valence-corrected chi connectivity index (χ3v) is 4.39. The van der Waals surface area contributed by atoms with E-state index in [4.69, 9.17) is 9.72 Å². The van der Waals surface area contributed by atoms with Gasteiger partial charge in [0.15, 0.2) is 12.3 Å². The molecule has 3 rings (SSSR count). The van der Waals surface area contributed by atoms with Crippen LogP contribution in [0.15, 0.2) is 42.6 Å². The number of benzene rings is 1. The number of carbonyl (C=O) groups is 2. The van der Waals surface area contributed by atoms with Crippen molar-refractivity contribution in [2.24, 2.45) is 5.92 Å². The summed E-state index contributed by atoms with van der Waals surface area (Å²) >= 11 is 0. The summed E-state index contributed by atoms with van der Waals surface area (Å²) in [6, 6.07) is 11.4. The largest absolute Gasteiger partial charge is 0.452 e. The minimum atomic E-state index is -0.572. The Morgan fingerprint density at radius 2 is 1.86 bits per heavy atom. The number of esters is 1. The van der Waals surface area contributed by atoms with Gasteiger partial charge in [-0.3, -0.25) is 4.79 Å². The fourth-order valence-corrected chi connectivity index (χ4v) is 2.90. The molecule has 0 aliphatic carbocycles. The van der Waals surface area contributed by atoms with Gasteiger partial charge < -0.3 is 10.1 Å². The van der Waals surface area contributed by atoms with Crippen molar-refractivity contribution in [3.8, 4) is 11.3 Å². The summed E-state index contributed by atoms with van der Waals surface area (Å²) in [7, 11) is 0. The van der Waals surface area contributed by atoms with E-state index >= 15 is 0 Å². The highest BCUT2D eigenvalue weighted by atomic mass is 16.5. The molecular formula is C22H26N4O3. The van der Waals surface area contributed by atoms with Crippen LogP contribution in [-0.4, -0.2) is 39.8 Å². The summed E-state index contributed by atoms with van der Waals surface area (Å²) in [5.41, 5.74) is 2.49. The molecule has 7 nitrogen and oxygen atoms in total. The summed E-state index contributed by atoms with van der Waals surface area (Å²) in [4.78, 5) is 29.4. The topological polar surface area (TPSA) is 86.1 Å². The van der Waals surface area contributed by atoms with Gasteiger partial charge in [0, 0.05) is 18.2 Å². The Hall–Kier alpha value is -3.22. The molecule has 0 fully saturated rings. The van der Waals surface area contributed by atoms with Crippen LogP contribution in [0.1, 0.15) is 44.1 Å². The maximum atomic E-state index is 12.8. The van der Waals surface area contributed by atoms with Crippen LogP contribution in [0.25, 0.3) is 22.3 Å². The highest BCUT2D eigenvalue weighted by molar-refractivity contribution is 6.04. The Balaban J connectivity index is 1.93. The highest BCUT2D eigenvalue weighted by Gasteiger charge is 2.20. The van der Waals surface area contributed by atoms with Gasteiger partial charge in [-0.25, -0.2) is 14.5 Å². The molecule has 0 radical (unpaired) electrons. The molecule has 7 heteroatoms. The zero-order valence-corrected chi connectivity index (χ0v) is 17.2. The number of aromatic nitrogens is 3. The Morgan fingerprint density at radius 3 is 2.52 bits per heavy atom. The number of nitrogens with zero attached hydrogens (tertiary/aromatic N) is 3. The Kier molecular flexibility index (Phi) is 6.26. The van der Waals surface area contributed by atoms with Crippen LogP contribution in [0.5, 0.6) is 0 Å². The molecule has 0 spiro atoms. The van der Waals surface area contributed by atoms with E-state index in [1.165, 1.54) is 0 Å². The van der Waals surface area contributed by atoms with Crippen LogP contribution in [0.3, 0.4) is 0 Å². The van der Waals surface area contributed by atoms with E-state index in [1.807, 2.05) is 58.0 Å². The predicted octanol–water partition coefficient (Wildman–Crippen LogP) is 3.61. The van der Waals surface area contributed by atoms with Crippen molar-refractivity contribution in [1.29, 1.82) is 0 Å². The van der Waals surface area contributed by atoms with E-state index in [2.05, 4.69) is 10.4 Å². The van der Waals surface area contributed by atoms with Crippen molar-refractivity contribution in [2.75, 3.05) is 13.2 Å². The SMILES string of the molecule is CC(C)CNC(=O)COC(=O)c1cc(-c2ccccc2)nc2c1cnn2C(C)C. The summed E-state index contributed by atoms with van der Waals surface area (Å²) in [6.07, 6.45) is 1.62. The molecule has 29 heavy (non-hydrogen) atoms. The van der Waals surface area contributed by atoms with Crippen LogP contribution in [0, 0.1) is 5.92 Å². The molecular weight excluding hydrogens is 368 g/mol. The second kappa shape index (κ2) is 8.86. The molecule has 1 amide bonds. The lowest BCUT2D eigenvalue weighted by atomic mass is 10.1. The average Bonchev–Trinajstić information content (AvgIpc) is 3.14. The molecule has 0 atom stereocenters. The van der Waals surface area contributed by atoms with E-state index in [1.54, 1.807) is 16.9 Å². The number of hydrogen-bond donors (Lipinski definition) is 1. The molecule has 0 unspecified atom stereocenters. The van der Waals surface area contributed by atoms with Crippen LogP contribution < -0.4 is 5.32 Å². The molecule has 0 saturated carbocycles. The first-order valence-corrected chi connectivity index (χ1v) is 9.74. The van der Waals surface area contributed by atoms with Gasteiger partial charge in [-0.1, -0.05) is 44.2 Å². The van der Waals surface area contributed by atoms with Gasteiger partial charge in [-0.15, -0.1) is 0 Å². The Morgan fingerprint density at radius 1 is 1.14 bits per heavy atom. The van der Waals surface area contributed by atoms with Gasteiger partial charge in [-0.05, 0) is 25.8 Å². The maximum Gasteiger partial charge on any atom is 0.339 e. The first kappa shape index (κ1) is 20.5. The lowest BCUT2D eigenvalue weighted by Crippen LogP contribution is -2.31. The van der Waals surface area contributed by atoms with E-state index in [0.717, 1.165) is 5.56 Å². The van der Waals surface area contributed by atoms with Gasteiger partial charge in [0.2, 0.25) is 0 Å². The third kappa shape index (κ3) is 4.80. The Labute approximate surface area is 170 Å². The summed E-state index contributed by atoms with van der Waals surface area (Å²) in [6.45, 7) is 8.21. The van der Waals surface area contributed by atoms with Crippen LogP contribution in [-0.2, 0) is 9.53 Å². The molecule has 1 aromatic carbocycles. The summed E-state index contributed by atoms with van der Waals surface area (Å²) in [5.74, 6) is -0.569. The zero-order chi connectivity index (χ0) is 21.0. The van der Waals surface area contributed by atoms with Crippen LogP contribution >= 0.6 is 0 Å². The molecule has 0 aliphatic rings. The number of nitrogens with one attached hydrogen (secondary N) is 1. The van der Waals surface area contributed by atoms with Crippen molar-refractivity contribution in [3.63, 3.8) is 0 Å². The molecule has 0 bridgehead atoms. The molecule has 3 aromatic rings. The Bertz CT molecular complexity index is 1010. The molecule has 2 aromatic heterocycles. The standard InChI is InChI=1S/C22H26N4O3/c1-14(2)11-23-20(27)13-29-22(28)17-10-19(16-8-6-5-7-9-16)25-21-18(17)12-24-26(21)15(3)4/h5-10,12,14-15H,11,13H2,1-4H3,(H,23,27). The lowest BCUT2D eigenvalue weighted by Gasteiger charge is -2.11. The number of hydrogen-bond acceptors (Lipinski definition) is 5. The first-order chi connectivity index (χ1) is 13.9. The second-order valence-electron chi connectivity index (χ2n) is 7.62. The molecule has 0 aliphatic heterocycles. The van der Waals surface area contributed by atoms with Gasteiger partial charge >= 0.3 is 5.97 Å². The number of rotatable bonds is 7. The first-order valence-electron chi connectivity index (χ1n) is 9.74. The second-order valence-corrected chi connectivity index (χ2v) is 7.62. The van der Waals surface area contributed by atoms with E-state index in [-0.39, 0.29) is 18.6 Å². The van der Waals surface area contributed by atoms with Gasteiger partial charge in [0.25, 0.3) is 5.91 Å². The van der Waals surface area contributed by atoms with Crippen molar-refractivity contribution < 1.29 is 14.3 Å². The van der Waals surface area contributed by atoms with Crippen LogP contribution in [0.2, 0.25) is 0 Å². The zero-order valence-electron chi connectivity index (χ0n) is 17.2. The minimum absolute atomic E-state index is 0.0803. The van der Waals surface area contributed by atoms with Gasteiger partial charge in [0.1, 0.15) is 0 Å². The number of ether oxygens (including phenoxy) is 1. The fraction of sp³-hybridized carbons (Fsp3) is 0.364. The smallest absolute Gasteiger partial charge is 0.339 e. The quantitative estimate of drug-likeness (QED) is 0.619. The molecule has 152 valence electrons. The lowest BCUT2D eigenvalue weighted by molar-refractivity contribution is -0.124.